The summed E-state index contributed by atoms with van der Waals surface area (Å²) in [6.45, 7) is -1.21. The Labute approximate surface area is 173 Å². The van der Waals surface area contributed by atoms with Gasteiger partial charge in [-0.15, -0.1) is 20.4 Å². The third-order valence-electron chi connectivity index (χ3n) is 4.02. The lowest BCUT2D eigenvalue weighted by atomic mass is 10.2. The molecule has 3 heterocycles. The largest absolute Gasteiger partial charge is 0.424 e. The Hall–Kier alpha value is -3.21. The predicted molar refractivity (Wildman–Crippen MR) is 102 cm³/mol. The van der Waals surface area contributed by atoms with Crippen LogP contribution in [0.3, 0.4) is 0 Å². The van der Waals surface area contributed by atoms with E-state index in [0.717, 1.165) is 21.9 Å². The molecule has 4 aromatic rings. The minimum absolute atomic E-state index is 0.113. The van der Waals surface area contributed by atoms with Gasteiger partial charge in [-0.2, -0.15) is 13.2 Å². The number of hydrogen-bond donors (Lipinski definition) is 0. The second-order valence-electron chi connectivity index (χ2n) is 6.28. The summed E-state index contributed by atoms with van der Waals surface area (Å²) in [5.41, 5.74) is 1.52. The van der Waals surface area contributed by atoms with Crippen molar-refractivity contribution in [3.8, 4) is 11.4 Å². The van der Waals surface area contributed by atoms with Crippen LogP contribution in [0.5, 0.6) is 0 Å². The average molecular weight is 432 g/mol. The van der Waals surface area contributed by atoms with Gasteiger partial charge in [0.2, 0.25) is 11.8 Å². The second kappa shape index (κ2) is 8.66. The Morgan fingerprint density at radius 3 is 2.37 bits per heavy atom. The summed E-state index contributed by atoms with van der Waals surface area (Å²) in [5.74, 6) is 1.03. The van der Waals surface area contributed by atoms with Crippen molar-refractivity contribution >= 4 is 11.8 Å². The molecule has 0 radical (unpaired) electrons. The Kier molecular flexibility index (Phi) is 5.79. The van der Waals surface area contributed by atoms with Crippen LogP contribution in [0.25, 0.3) is 11.4 Å². The maximum absolute atomic E-state index is 13.1. The van der Waals surface area contributed by atoms with Crippen molar-refractivity contribution in [2.45, 2.75) is 30.1 Å². The lowest BCUT2D eigenvalue weighted by Gasteiger charge is -2.12. The van der Waals surface area contributed by atoms with E-state index in [9.17, 15) is 13.2 Å². The molecule has 0 spiro atoms. The molecule has 0 aliphatic carbocycles. The van der Waals surface area contributed by atoms with Crippen LogP contribution < -0.4 is 0 Å². The van der Waals surface area contributed by atoms with E-state index in [1.54, 1.807) is 12.1 Å². The molecule has 30 heavy (non-hydrogen) atoms. The van der Waals surface area contributed by atoms with Gasteiger partial charge in [-0.25, -0.2) is 0 Å². The van der Waals surface area contributed by atoms with Crippen molar-refractivity contribution in [1.82, 2.24) is 29.9 Å². The summed E-state index contributed by atoms with van der Waals surface area (Å²) in [6.07, 6.45) is -0.968. The fourth-order valence-corrected chi connectivity index (χ4v) is 3.52. The molecule has 0 saturated heterocycles. The number of alkyl halides is 3. The number of pyridine rings is 1. The Morgan fingerprint density at radius 1 is 0.900 bits per heavy atom. The van der Waals surface area contributed by atoms with Crippen LogP contribution >= 0.6 is 11.8 Å². The highest BCUT2D eigenvalue weighted by molar-refractivity contribution is 7.98. The summed E-state index contributed by atoms with van der Waals surface area (Å²) in [6, 6.07) is 12.8. The maximum Gasteiger partial charge on any atom is 0.406 e. The first kappa shape index (κ1) is 20.1. The smallest absolute Gasteiger partial charge is 0.406 e. The summed E-state index contributed by atoms with van der Waals surface area (Å²) in [4.78, 5) is 3.88. The van der Waals surface area contributed by atoms with Gasteiger partial charge in [-0.3, -0.25) is 9.55 Å². The van der Waals surface area contributed by atoms with E-state index in [1.807, 2.05) is 30.3 Å². The van der Waals surface area contributed by atoms with Crippen LogP contribution in [-0.2, 0) is 18.7 Å². The molecule has 1 aromatic carbocycles. The lowest BCUT2D eigenvalue weighted by Crippen LogP contribution is -2.19. The van der Waals surface area contributed by atoms with Crippen molar-refractivity contribution in [3.05, 3.63) is 72.2 Å². The predicted octanol–water partition coefficient (Wildman–Crippen LogP) is 4.17. The van der Waals surface area contributed by atoms with E-state index in [4.69, 9.17) is 4.42 Å². The van der Waals surface area contributed by atoms with E-state index >= 15 is 0 Å². The van der Waals surface area contributed by atoms with E-state index in [2.05, 4.69) is 25.4 Å². The zero-order valence-corrected chi connectivity index (χ0v) is 16.3. The summed E-state index contributed by atoms with van der Waals surface area (Å²) >= 11 is 1.05. The monoisotopic (exact) mass is 432 g/mol. The van der Waals surface area contributed by atoms with Crippen LogP contribution in [-0.4, -0.2) is 36.1 Å². The van der Waals surface area contributed by atoms with Gasteiger partial charge in [-0.1, -0.05) is 42.1 Å². The van der Waals surface area contributed by atoms with E-state index in [1.165, 1.54) is 12.4 Å². The molecule has 7 nitrogen and oxygen atoms in total. The molecule has 0 fully saturated rings. The quantitative estimate of drug-likeness (QED) is 0.406. The summed E-state index contributed by atoms with van der Waals surface area (Å²) < 4.78 is 46.0. The van der Waals surface area contributed by atoms with Gasteiger partial charge in [0.1, 0.15) is 6.54 Å². The fraction of sp³-hybridized carbons (Fsp3) is 0.211. The molecule has 0 amide bonds. The van der Waals surface area contributed by atoms with Crippen molar-refractivity contribution in [3.63, 3.8) is 0 Å². The second-order valence-corrected chi connectivity index (χ2v) is 7.23. The average Bonchev–Trinajstić information content (AvgIpc) is 3.33. The fourth-order valence-electron chi connectivity index (χ4n) is 2.75. The van der Waals surface area contributed by atoms with Crippen molar-refractivity contribution in [2.75, 3.05) is 0 Å². The van der Waals surface area contributed by atoms with Gasteiger partial charge in [0, 0.05) is 18.0 Å². The Bertz CT molecular complexity index is 1100. The Morgan fingerprint density at radius 2 is 1.63 bits per heavy atom. The number of halogens is 3. The molecule has 0 aliphatic rings. The number of aromatic nitrogens is 6. The number of rotatable bonds is 7. The minimum atomic E-state index is -4.42. The first-order chi connectivity index (χ1) is 14.5. The highest BCUT2D eigenvalue weighted by Crippen LogP contribution is 2.29. The van der Waals surface area contributed by atoms with E-state index < -0.39 is 12.7 Å². The maximum atomic E-state index is 13.1. The van der Waals surface area contributed by atoms with Crippen LogP contribution in [0, 0.1) is 0 Å². The molecule has 0 N–H and O–H groups in total. The summed E-state index contributed by atoms with van der Waals surface area (Å²) in [7, 11) is 0. The van der Waals surface area contributed by atoms with Gasteiger partial charge < -0.3 is 4.42 Å². The molecule has 0 aliphatic heterocycles. The number of nitrogens with zero attached hydrogens (tertiary/aromatic N) is 6. The normalized spacial score (nSPS) is 11.7. The first-order valence-electron chi connectivity index (χ1n) is 8.86. The van der Waals surface area contributed by atoms with Crippen LogP contribution in [0.4, 0.5) is 13.2 Å². The molecule has 11 heteroatoms. The van der Waals surface area contributed by atoms with Crippen molar-refractivity contribution in [1.29, 1.82) is 0 Å². The first-order valence-corrected chi connectivity index (χ1v) is 9.85. The molecule has 0 saturated carbocycles. The highest BCUT2D eigenvalue weighted by Gasteiger charge is 2.31. The molecule has 0 bridgehead atoms. The van der Waals surface area contributed by atoms with Crippen molar-refractivity contribution in [2.24, 2.45) is 0 Å². The third-order valence-corrected chi connectivity index (χ3v) is 4.98. The summed E-state index contributed by atoms with van der Waals surface area (Å²) in [5, 5.41) is 16.0. The zero-order valence-electron chi connectivity index (χ0n) is 15.5. The van der Waals surface area contributed by atoms with E-state index in [-0.39, 0.29) is 16.7 Å². The van der Waals surface area contributed by atoms with Crippen LogP contribution in [0.2, 0.25) is 0 Å². The standard InChI is InChI=1S/C19H15F3N6OS/c20-19(21,22)12-28-17(14-6-8-23-9-7-14)26-27-18(28)30-11-16-25-24-15(29-16)10-13-4-2-1-3-5-13/h1-9H,10-12H2. The van der Waals surface area contributed by atoms with Gasteiger partial charge >= 0.3 is 6.18 Å². The number of hydrogen-bond acceptors (Lipinski definition) is 7. The minimum Gasteiger partial charge on any atom is -0.424 e. The lowest BCUT2D eigenvalue weighted by molar-refractivity contribution is -0.141. The van der Waals surface area contributed by atoms with E-state index in [0.29, 0.717) is 23.8 Å². The topological polar surface area (TPSA) is 82.5 Å². The molecule has 3 aromatic heterocycles. The van der Waals surface area contributed by atoms with Gasteiger partial charge in [0.25, 0.3) is 0 Å². The molecular formula is C19H15F3N6OS. The van der Waals surface area contributed by atoms with Crippen LogP contribution in [0.15, 0.2) is 64.4 Å². The highest BCUT2D eigenvalue weighted by atomic mass is 32.2. The molecule has 154 valence electrons. The van der Waals surface area contributed by atoms with Gasteiger partial charge in [0.05, 0.1) is 12.2 Å². The van der Waals surface area contributed by atoms with Gasteiger partial charge in [0.15, 0.2) is 11.0 Å². The molecule has 0 unspecified atom stereocenters. The zero-order chi connectivity index (χ0) is 21.0. The SMILES string of the molecule is FC(F)(F)Cn1c(SCc2nnc(Cc3ccccc3)o2)nnc1-c1ccncc1. The third kappa shape index (κ3) is 5.03. The Balaban J connectivity index is 1.50. The van der Waals surface area contributed by atoms with Crippen LogP contribution in [0.1, 0.15) is 17.3 Å². The number of benzene rings is 1. The number of thioether (sulfide) groups is 1. The van der Waals surface area contributed by atoms with Crippen molar-refractivity contribution < 1.29 is 17.6 Å². The molecule has 0 atom stereocenters. The van der Waals surface area contributed by atoms with Gasteiger partial charge in [-0.05, 0) is 17.7 Å². The molecule has 4 rings (SSSR count). The molecular weight excluding hydrogens is 417 g/mol.